The van der Waals surface area contributed by atoms with Crippen molar-refractivity contribution >= 4 is 27.7 Å². The summed E-state index contributed by atoms with van der Waals surface area (Å²) in [5.41, 5.74) is 2.02. The highest BCUT2D eigenvalue weighted by Gasteiger charge is 2.28. The lowest BCUT2D eigenvalue weighted by molar-refractivity contribution is -0.123. The van der Waals surface area contributed by atoms with Crippen molar-refractivity contribution in [3.63, 3.8) is 0 Å². The Hall–Kier alpha value is -2.11. The standard InChI is InChI=1S/C25H35N3O5S2/c1-19-4-10-22(11-5-19)35(30,31)27-23(12-17-34-3)25(29)26-18-24(28-13-15-33-16-14-28)20-6-8-21(32-2)9-7-20/h4-11,23-24,27H,12-18H2,1-3H3,(H,26,29)/t23-,24+/m0/s1. The summed E-state index contributed by atoms with van der Waals surface area (Å²) in [4.78, 5) is 15.6. The first kappa shape index (κ1) is 27.5. The molecule has 1 amide bonds. The van der Waals surface area contributed by atoms with Crippen LogP contribution in [0.2, 0.25) is 0 Å². The minimum Gasteiger partial charge on any atom is -0.497 e. The summed E-state index contributed by atoms with van der Waals surface area (Å²) < 4.78 is 39.3. The Morgan fingerprint density at radius 3 is 2.37 bits per heavy atom. The molecule has 10 heteroatoms. The molecule has 0 spiro atoms. The van der Waals surface area contributed by atoms with Crippen molar-refractivity contribution in [3.8, 4) is 5.75 Å². The highest BCUT2D eigenvalue weighted by molar-refractivity contribution is 7.98. The van der Waals surface area contributed by atoms with Crippen LogP contribution in [0.5, 0.6) is 5.75 Å². The van der Waals surface area contributed by atoms with Gasteiger partial charge in [0.05, 0.1) is 31.3 Å². The summed E-state index contributed by atoms with van der Waals surface area (Å²) in [6, 6.07) is 13.5. The topological polar surface area (TPSA) is 97.0 Å². The van der Waals surface area contributed by atoms with E-state index in [0.717, 1.165) is 30.0 Å². The van der Waals surface area contributed by atoms with Gasteiger partial charge in [-0.25, -0.2) is 8.42 Å². The number of amides is 1. The average Bonchev–Trinajstić information content (AvgIpc) is 2.87. The van der Waals surface area contributed by atoms with Gasteiger partial charge in [0.25, 0.3) is 0 Å². The highest BCUT2D eigenvalue weighted by atomic mass is 32.2. The van der Waals surface area contributed by atoms with Crippen LogP contribution in [0.25, 0.3) is 0 Å². The Kier molecular flexibility index (Phi) is 10.4. The van der Waals surface area contributed by atoms with Gasteiger partial charge in [0.15, 0.2) is 0 Å². The van der Waals surface area contributed by atoms with E-state index in [4.69, 9.17) is 9.47 Å². The van der Waals surface area contributed by atoms with Crippen LogP contribution >= 0.6 is 11.8 Å². The molecule has 2 atom stereocenters. The molecule has 0 aliphatic carbocycles. The van der Waals surface area contributed by atoms with Crippen LogP contribution < -0.4 is 14.8 Å². The number of carbonyl (C=O) groups excluding carboxylic acids is 1. The summed E-state index contributed by atoms with van der Waals surface area (Å²) in [5, 5.41) is 3.01. The lowest BCUT2D eigenvalue weighted by atomic mass is 10.0. The van der Waals surface area contributed by atoms with Crippen molar-refractivity contribution in [2.45, 2.75) is 30.3 Å². The minimum atomic E-state index is -3.83. The number of carbonyl (C=O) groups is 1. The second kappa shape index (κ2) is 13.3. The molecule has 8 nitrogen and oxygen atoms in total. The van der Waals surface area contributed by atoms with Crippen LogP contribution in [-0.4, -0.2) is 77.2 Å². The SMILES string of the molecule is COc1ccc([C@@H](CNC(=O)[C@H](CCSC)NS(=O)(=O)c2ccc(C)cc2)N2CCOCC2)cc1. The van der Waals surface area contributed by atoms with Gasteiger partial charge in [0.1, 0.15) is 11.8 Å². The molecule has 2 N–H and O–H groups in total. The number of sulfonamides is 1. The molecule has 0 bridgehead atoms. The number of nitrogens with one attached hydrogen (secondary N) is 2. The fraction of sp³-hybridized carbons (Fsp3) is 0.480. The van der Waals surface area contributed by atoms with E-state index in [1.165, 1.54) is 0 Å². The molecule has 1 fully saturated rings. The van der Waals surface area contributed by atoms with Crippen molar-refractivity contribution in [1.82, 2.24) is 14.9 Å². The third kappa shape index (κ3) is 7.94. The molecular formula is C25H35N3O5S2. The quantitative estimate of drug-likeness (QED) is 0.443. The summed E-state index contributed by atoms with van der Waals surface area (Å²) in [6.07, 6.45) is 2.32. The van der Waals surface area contributed by atoms with Gasteiger partial charge in [-0.3, -0.25) is 9.69 Å². The number of hydrogen-bond acceptors (Lipinski definition) is 7. The zero-order valence-electron chi connectivity index (χ0n) is 20.5. The first-order chi connectivity index (χ1) is 16.8. The van der Waals surface area contributed by atoms with Crippen LogP contribution in [0.1, 0.15) is 23.6 Å². The Balaban J connectivity index is 1.74. The van der Waals surface area contributed by atoms with Crippen molar-refractivity contribution in [1.29, 1.82) is 0 Å². The van der Waals surface area contributed by atoms with Crippen molar-refractivity contribution in [2.24, 2.45) is 0 Å². The number of aryl methyl sites for hydroxylation is 1. The van der Waals surface area contributed by atoms with Crippen LogP contribution in [0.3, 0.4) is 0 Å². The minimum absolute atomic E-state index is 0.0661. The molecular weight excluding hydrogens is 486 g/mol. The maximum atomic E-state index is 13.2. The van der Waals surface area contributed by atoms with Gasteiger partial charge in [0, 0.05) is 19.6 Å². The lowest BCUT2D eigenvalue weighted by Crippen LogP contribution is -2.50. The third-order valence-corrected chi connectivity index (χ3v) is 8.14. The summed E-state index contributed by atoms with van der Waals surface area (Å²) >= 11 is 1.57. The highest BCUT2D eigenvalue weighted by Crippen LogP contribution is 2.24. The number of ether oxygens (including phenoxy) is 2. The van der Waals surface area contributed by atoms with Gasteiger partial charge in [0.2, 0.25) is 15.9 Å². The fourth-order valence-electron chi connectivity index (χ4n) is 3.95. The molecule has 1 saturated heterocycles. The molecule has 3 rings (SSSR count). The lowest BCUT2D eigenvalue weighted by Gasteiger charge is -2.35. The van der Waals surface area contributed by atoms with Crippen LogP contribution in [0.4, 0.5) is 0 Å². The summed E-state index contributed by atoms with van der Waals surface area (Å²) in [6.45, 7) is 5.02. The largest absolute Gasteiger partial charge is 0.497 e. The van der Waals surface area contributed by atoms with E-state index in [1.807, 2.05) is 37.4 Å². The molecule has 1 aliphatic heterocycles. The number of rotatable bonds is 12. The molecule has 0 aromatic heterocycles. The number of thioether (sulfide) groups is 1. The van der Waals surface area contributed by atoms with E-state index in [-0.39, 0.29) is 16.8 Å². The maximum Gasteiger partial charge on any atom is 0.241 e. The van der Waals surface area contributed by atoms with Crippen LogP contribution in [0, 0.1) is 6.92 Å². The monoisotopic (exact) mass is 521 g/mol. The molecule has 2 aromatic carbocycles. The second-order valence-corrected chi connectivity index (χ2v) is 11.2. The van der Waals surface area contributed by atoms with Gasteiger partial charge in [-0.15, -0.1) is 0 Å². The number of nitrogens with zero attached hydrogens (tertiary/aromatic N) is 1. The van der Waals surface area contributed by atoms with E-state index in [9.17, 15) is 13.2 Å². The van der Waals surface area contributed by atoms with Crippen molar-refractivity contribution in [2.75, 3.05) is 52.0 Å². The van der Waals surface area contributed by atoms with Gasteiger partial charge in [-0.2, -0.15) is 16.5 Å². The molecule has 0 saturated carbocycles. The van der Waals surface area contributed by atoms with Gasteiger partial charge >= 0.3 is 0 Å². The van der Waals surface area contributed by atoms with Gasteiger partial charge in [-0.1, -0.05) is 29.8 Å². The van der Waals surface area contributed by atoms with E-state index >= 15 is 0 Å². The fourth-order valence-corrected chi connectivity index (χ4v) is 5.65. The molecule has 2 aromatic rings. The average molecular weight is 522 g/mol. The van der Waals surface area contributed by atoms with Gasteiger partial charge < -0.3 is 14.8 Å². The molecule has 0 radical (unpaired) electrons. The zero-order valence-corrected chi connectivity index (χ0v) is 22.2. The summed E-state index contributed by atoms with van der Waals surface area (Å²) in [7, 11) is -2.21. The predicted molar refractivity (Wildman–Crippen MR) is 139 cm³/mol. The first-order valence-electron chi connectivity index (χ1n) is 11.7. The Bertz CT molecular complexity index is 1040. The number of hydrogen-bond donors (Lipinski definition) is 2. The van der Waals surface area contributed by atoms with Crippen molar-refractivity contribution in [3.05, 3.63) is 59.7 Å². The maximum absolute atomic E-state index is 13.2. The first-order valence-corrected chi connectivity index (χ1v) is 14.5. The normalized spacial score (nSPS) is 16.4. The molecule has 0 unspecified atom stereocenters. The van der Waals surface area contributed by atoms with Gasteiger partial charge in [-0.05, 0) is 55.2 Å². The van der Waals surface area contributed by atoms with E-state index in [2.05, 4.69) is 14.9 Å². The summed E-state index contributed by atoms with van der Waals surface area (Å²) in [5.74, 6) is 1.09. The van der Waals surface area contributed by atoms with Crippen LogP contribution in [-0.2, 0) is 19.6 Å². The van der Waals surface area contributed by atoms with E-state index in [0.29, 0.717) is 31.9 Å². The number of benzene rings is 2. The number of morpholine rings is 1. The van der Waals surface area contributed by atoms with E-state index in [1.54, 1.807) is 43.1 Å². The zero-order chi connectivity index (χ0) is 25.3. The molecule has 35 heavy (non-hydrogen) atoms. The molecule has 1 aliphatic rings. The Morgan fingerprint density at radius 2 is 1.77 bits per heavy atom. The van der Waals surface area contributed by atoms with Crippen molar-refractivity contribution < 1.29 is 22.7 Å². The number of methoxy groups -OCH3 is 1. The molecule has 1 heterocycles. The Labute approximate surface area is 212 Å². The second-order valence-electron chi connectivity index (χ2n) is 8.45. The Morgan fingerprint density at radius 1 is 1.11 bits per heavy atom. The van der Waals surface area contributed by atoms with Crippen LogP contribution in [0.15, 0.2) is 53.4 Å². The van der Waals surface area contributed by atoms with E-state index < -0.39 is 16.1 Å². The third-order valence-electron chi connectivity index (χ3n) is 6.01. The predicted octanol–water partition coefficient (Wildman–Crippen LogP) is 2.59. The smallest absolute Gasteiger partial charge is 0.241 e. The molecule has 192 valence electrons.